The van der Waals surface area contributed by atoms with Crippen molar-refractivity contribution in [2.75, 3.05) is 33.9 Å². The zero-order chi connectivity index (χ0) is 34.5. The zero-order valence-corrected chi connectivity index (χ0v) is 31.2. The molecule has 7 atom stereocenters. The molecule has 0 spiro atoms. The van der Waals surface area contributed by atoms with Crippen molar-refractivity contribution in [3.05, 3.63) is 103 Å². The first-order valence-electron chi connectivity index (χ1n) is 17.0. The maximum Gasteiger partial charge on any atom is 0.184 e. The Balaban J connectivity index is 1.50. The summed E-state index contributed by atoms with van der Waals surface area (Å²) >= 11 is 1.65. The van der Waals surface area contributed by atoms with Gasteiger partial charge in [0.15, 0.2) is 6.29 Å². The number of rotatable bonds is 16. The Morgan fingerprint density at radius 2 is 1.71 bits per heavy atom. The second-order valence-corrected chi connectivity index (χ2v) is 21.6. The molecule has 1 heterocycles. The molecule has 2 bridgehead atoms. The summed E-state index contributed by atoms with van der Waals surface area (Å²) in [5.74, 6) is 0.104. The zero-order valence-electron chi connectivity index (χ0n) is 29.4. The first kappa shape index (κ1) is 37.2. The van der Waals surface area contributed by atoms with Crippen molar-refractivity contribution >= 4 is 19.8 Å². The lowest BCUT2D eigenvalue weighted by atomic mass is 9.62. The van der Waals surface area contributed by atoms with Gasteiger partial charge in [-0.2, -0.15) is 0 Å². The Bertz CT molecular complexity index is 1400. The molecule has 3 aliphatic rings. The van der Waals surface area contributed by atoms with Gasteiger partial charge in [0.05, 0.1) is 12.7 Å². The Morgan fingerprint density at radius 1 is 1.00 bits per heavy atom. The number of aliphatic hydroxyl groups is 1. The summed E-state index contributed by atoms with van der Waals surface area (Å²) in [6.07, 6.45) is 7.85. The van der Waals surface area contributed by atoms with Crippen LogP contribution >= 0.6 is 11.8 Å². The second-order valence-electron chi connectivity index (χ2n) is 15.0. The van der Waals surface area contributed by atoms with Gasteiger partial charge in [-0.25, -0.2) is 0 Å². The van der Waals surface area contributed by atoms with E-state index >= 15 is 0 Å². The van der Waals surface area contributed by atoms with Crippen LogP contribution in [0.5, 0.6) is 0 Å². The number of benzene rings is 2. The molecular formula is C39H54O7SSi. The first-order valence-corrected chi connectivity index (χ1v) is 21.6. The van der Waals surface area contributed by atoms with E-state index in [1.807, 2.05) is 60.7 Å². The Hall–Kier alpha value is -2.05. The minimum atomic E-state index is -1.39. The summed E-state index contributed by atoms with van der Waals surface area (Å²) in [6, 6.07) is 21.2. The monoisotopic (exact) mass is 694 g/mol. The molecule has 262 valence electrons. The van der Waals surface area contributed by atoms with Crippen molar-refractivity contribution in [3.8, 4) is 0 Å². The van der Waals surface area contributed by atoms with Crippen LogP contribution in [0.15, 0.2) is 102 Å². The molecule has 2 aromatic rings. The molecule has 0 unspecified atom stereocenters. The van der Waals surface area contributed by atoms with Crippen LogP contribution in [0.4, 0.5) is 0 Å². The van der Waals surface area contributed by atoms with Crippen molar-refractivity contribution in [1.82, 2.24) is 0 Å². The number of hydrogen-bond acceptors (Lipinski definition) is 8. The smallest absolute Gasteiger partial charge is 0.184 e. The molecule has 2 aliphatic carbocycles. The van der Waals surface area contributed by atoms with E-state index in [-0.39, 0.29) is 31.5 Å². The third-order valence-electron chi connectivity index (χ3n) is 10.6. The molecule has 2 aromatic carbocycles. The number of fused-ring (bicyclic) bond motifs is 2. The molecule has 1 saturated heterocycles. The van der Waals surface area contributed by atoms with Crippen LogP contribution in [0.2, 0.25) is 25.7 Å². The molecular weight excluding hydrogens is 641 g/mol. The van der Waals surface area contributed by atoms with Gasteiger partial charge in [-0.3, -0.25) is 0 Å². The molecule has 1 aliphatic heterocycles. The lowest BCUT2D eigenvalue weighted by molar-refractivity contribution is -0.292. The lowest BCUT2D eigenvalue weighted by Crippen LogP contribution is -2.56. The molecule has 1 N–H and O–H groups in total. The van der Waals surface area contributed by atoms with Gasteiger partial charge in [0, 0.05) is 37.7 Å². The second kappa shape index (κ2) is 15.5. The van der Waals surface area contributed by atoms with Crippen molar-refractivity contribution < 1.29 is 33.5 Å². The molecule has 0 amide bonds. The summed E-state index contributed by atoms with van der Waals surface area (Å²) in [4.78, 5) is 1.14. The summed E-state index contributed by atoms with van der Waals surface area (Å²) in [7, 11) is 0.327. The molecule has 5 rings (SSSR count). The van der Waals surface area contributed by atoms with E-state index in [0.29, 0.717) is 6.61 Å². The molecule has 0 radical (unpaired) electrons. The Kier molecular flexibility index (Phi) is 12.0. The van der Waals surface area contributed by atoms with Gasteiger partial charge < -0.3 is 33.5 Å². The van der Waals surface area contributed by atoms with E-state index in [0.717, 1.165) is 29.3 Å². The predicted molar refractivity (Wildman–Crippen MR) is 194 cm³/mol. The Labute approximate surface area is 292 Å². The highest BCUT2D eigenvalue weighted by Crippen LogP contribution is 2.71. The van der Waals surface area contributed by atoms with Crippen LogP contribution in [0.1, 0.15) is 38.5 Å². The number of thioether (sulfide) groups is 1. The fourth-order valence-corrected chi connectivity index (χ4v) is 9.31. The quantitative estimate of drug-likeness (QED) is 0.0618. The highest BCUT2D eigenvalue weighted by molar-refractivity contribution is 8.02. The van der Waals surface area contributed by atoms with E-state index in [1.165, 1.54) is 0 Å². The van der Waals surface area contributed by atoms with Crippen LogP contribution in [0.3, 0.4) is 0 Å². The molecule has 3 fully saturated rings. The van der Waals surface area contributed by atoms with Crippen LogP contribution in [-0.4, -0.2) is 70.5 Å². The van der Waals surface area contributed by atoms with E-state index in [4.69, 9.17) is 28.4 Å². The van der Waals surface area contributed by atoms with Crippen molar-refractivity contribution in [3.63, 3.8) is 0 Å². The molecule has 7 nitrogen and oxygen atoms in total. The van der Waals surface area contributed by atoms with E-state index in [1.54, 1.807) is 24.9 Å². The van der Waals surface area contributed by atoms with Gasteiger partial charge in [0.2, 0.25) is 0 Å². The average Bonchev–Trinajstić information content (AvgIpc) is 3.40. The van der Waals surface area contributed by atoms with E-state index in [9.17, 15) is 5.11 Å². The maximum atomic E-state index is 13.1. The molecule has 2 saturated carbocycles. The van der Waals surface area contributed by atoms with E-state index < -0.39 is 43.2 Å². The van der Waals surface area contributed by atoms with Crippen molar-refractivity contribution in [1.29, 1.82) is 0 Å². The minimum absolute atomic E-state index is 0.0524. The standard InChI is InChI=1S/C39H54O7SSi/c1-8-33-37(45-29-42-24-26-48(5,6)7,27-43-35(46-33)30-15-11-9-12-16-30)21-22-39(40)34(44-28-41-4)32-19-20-38(39,36(32,2)3)23-25-47-31-17-13-10-14-18-31/h8-18,21-23,25,32-35,40H,1,19-20,24,26-29H2,2-7H3/b22-21-,25-23-/t32-,33-,34-,35+,37+,38-,39-/m1/s1. The van der Waals surface area contributed by atoms with Gasteiger partial charge in [-0.05, 0) is 53.8 Å². The third kappa shape index (κ3) is 7.50. The number of methoxy groups -OCH3 is 1. The van der Waals surface area contributed by atoms with Crippen LogP contribution in [0, 0.1) is 16.7 Å². The SMILES string of the molecule is C=C[C@H]1O[C@@H](c2ccccc2)OC[C@]1(/C=C\[C@@]1(O)[C@H](OCOC)[C@H]2CC[C@@]1(/C=C\Sc1ccccc1)C2(C)C)OCOCC[Si](C)(C)C. The van der Waals surface area contributed by atoms with Crippen LogP contribution in [0.25, 0.3) is 0 Å². The fraction of sp³-hybridized carbons (Fsp3) is 0.538. The lowest BCUT2D eigenvalue weighted by Gasteiger charge is -2.48. The normalized spacial score (nSPS) is 33.1. The van der Waals surface area contributed by atoms with Crippen molar-refractivity contribution in [2.24, 2.45) is 16.7 Å². The molecule has 9 heteroatoms. The van der Waals surface area contributed by atoms with Gasteiger partial charge in [-0.15, -0.1) is 6.58 Å². The summed E-state index contributed by atoms with van der Waals surface area (Å²) in [5.41, 5.74) is -2.48. The largest absolute Gasteiger partial charge is 0.382 e. The summed E-state index contributed by atoms with van der Waals surface area (Å²) in [6.45, 7) is 16.5. The average molecular weight is 695 g/mol. The highest BCUT2D eigenvalue weighted by atomic mass is 32.2. The summed E-state index contributed by atoms with van der Waals surface area (Å²) < 4.78 is 37.2. The van der Waals surface area contributed by atoms with Gasteiger partial charge >= 0.3 is 0 Å². The fourth-order valence-electron chi connectivity index (χ4n) is 7.78. The molecule has 0 aromatic heterocycles. The Morgan fingerprint density at radius 3 is 2.38 bits per heavy atom. The van der Waals surface area contributed by atoms with Crippen molar-refractivity contribution in [2.45, 2.75) is 87.0 Å². The third-order valence-corrected chi connectivity index (χ3v) is 13.2. The predicted octanol–water partition coefficient (Wildman–Crippen LogP) is 8.37. The number of hydrogen-bond donors (Lipinski definition) is 1. The van der Waals surface area contributed by atoms with Gasteiger partial charge in [0.25, 0.3) is 0 Å². The van der Waals surface area contributed by atoms with Gasteiger partial charge in [0.1, 0.15) is 30.9 Å². The maximum absolute atomic E-state index is 13.1. The first-order chi connectivity index (χ1) is 22.9. The minimum Gasteiger partial charge on any atom is -0.382 e. The van der Waals surface area contributed by atoms with Crippen LogP contribution < -0.4 is 0 Å². The van der Waals surface area contributed by atoms with E-state index in [2.05, 4.69) is 63.7 Å². The summed E-state index contributed by atoms with van der Waals surface area (Å²) in [5, 5.41) is 15.2. The van der Waals surface area contributed by atoms with Crippen LogP contribution in [-0.2, 0) is 28.4 Å². The number of ether oxygens (including phenoxy) is 6. The molecule has 48 heavy (non-hydrogen) atoms. The van der Waals surface area contributed by atoms with Gasteiger partial charge in [-0.1, -0.05) is 112 Å². The topological polar surface area (TPSA) is 75.6 Å². The highest BCUT2D eigenvalue weighted by Gasteiger charge is 2.74.